The molecule has 2 nitrogen and oxygen atoms in total. The van der Waals surface area contributed by atoms with Crippen molar-refractivity contribution >= 4 is 0 Å². The Balaban J connectivity index is 1.99. The summed E-state index contributed by atoms with van der Waals surface area (Å²) < 4.78 is 10.6. The Morgan fingerprint density at radius 1 is 1.50 bits per heavy atom. The van der Waals surface area contributed by atoms with Crippen molar-refractivity contribution in [2.75, 3.05) is 6.61 Å². The van der Waals surface area contributed by atoms with E-state index in [4.69, 9.17) is 9.47 Å². The number of fused-ring (bicyclic) bond motifs is 1. The molecule has 46 valence electrons. The van der Waals surface area contributed by atoms with Crippen LogP contribution >= 0.6 is 0 Å². The van der Waals surface area contributed by atoms with Crippen molar-refractivity contribution in [3.63, 3.8) is 0 Å². The molecule has 0 amide bonds. The molecule has 2 aliphatic rings. The minimum atomic E-state index is 0.355. The first-order chi connectivity index (χ1) is 3.88. The van der Waals surface area contributed by atoms with Crippen LogP contribution in [0.1, 0.15) is 13.3 Å². The summed E-state index contributed by atoms with van der Waals surface area (Å²) in [6.07, 6.45) is 2.46. The van der Waals surface area contributed by atoms with Crippen LogP contribution in [0.2, 0.25) is 0 Å². The Morgan fingerprint density at radius 2 is 2.38 bits per heavy atom. The average Bonchev–Trinajstić information content (AvgIpc) is 2.45. The molecule has 2 heteroatoms. The Labute approximate surface area is 48.8 Å². The highest BCUT2D eigenvalue weighted by Crippen LogP contribution is 2.33. The predicted octanol–water partition coefficient (Wildman–Crippen LogP) is 0.563. The van der Waals surface area contributed by atoms with E-state index in [1.165, 1.54) is 0 Å². The van der Waals surface area contributed by atoms with Crippen molar-refractivity contribution in [3.05, 3.63) is 0 Å². The standard InChI is InChI=1S/C6H10O2/c1-4-6-5(8-6)2-3-7-4/h4-6H,2-3H2,1H3. The molecule has 3 unspecified atom stereocenters. The van der Waals surface area contributed by atoms with Gasteiger partial charge in [-0.3, -0.25) is 0 Å². The zero-order valence-electron chi connectivity index (χ0n) is 4.96. The molecular formula is C6H10O2. The molecular weight excluding hydrogens is 104 g/mol. The zero-order chi connectivity index (χ0) is 5.56. The second kappa shape index (κ2) is 1.45. The van der Waals surface area contributed by atoms with Crippen molar-refractivity contribution < 1.29 is 9.47 Å². The van der Waals surface area contributed by atoms with Gasteiger partial charge in [0.25, 0.3) is 0 Å². The highest BCUT2D eigenvalue weighted by Gasteiger charge is 2.45. The van der Waals surface area contributed by atoms with Gasteiger partial charge in [0.1, 0.15) is 6.10 Å². The third kappa shape index (κ3) is 0.565. The third-order valence-corrected chi connectivity index (χ3v) is 1.87. The summed E-state index contributed by atoms with van der Waals surface area (Å²) in [6, 6.07) is 0. The van der Waals surface area contributed by atoms with Crippen molar-refractivity contribution in [1.29, 1.82) is 0 Å². The maximum absolute atomic E-state index is 5.31. The topological polar surface area (TPSA) is 21.8 Å². The van der Waals surface area contributed by atoms with Crippen molar-refractivity contribution in [2.45, 2.75) is 31.7 Å². The molecule has 2 aliphatic heterocycles. The monoisotopic (exact) mass is 114 g/mol. The van der Waals surface area contributed by atoms with Gasteiger partial charge in [0.2, 0.25) is 0 Å². The fourth-order valence-corrected chi connectivity index (χ4v) is 1.27. The number of hydrogen-bond acceptors (Lipinski definition) is 2. The molecule has 0 aromatic rings. The normalized spacial score (nSPS) is 52.9. The maximum atomic E-state index is 5.31. The Hall–Kier alpha value is -0.0800. The van der Waals surface area contributed by atoms with E-state index >= 15 is 0 Å². The molecule has 0 radical (unpaired) electrons. The predicted molar refractivity (Wildman–Crippen MR) is 28.7 cm³/mol. The number of epoxide rings is 1. The van der Waals surface area contributed by atoms with Gasteiger partial charge in [-0.1, -0.05) is 0 Å². The van der Waals surface area contributed by atoms with Gasteiger partial charge in [-0.25, -0.2) is 0 Å². The summed E-state index contributed by atoms with van der Waals surface area (Å²) in [4.78, 5) is 0. The van der Waals surface area contributed by atoms with E-state index in [0.29, 0.717) is 18.3 Å². The molecule has 8 heavy (non-hydrogen) atoms. The van der Waals surface area contributed by atoms with Crippen LogP contribution in [-0.2, 0) is 9.47 Å². The summed E-state index contributed by atoms with van der Waals surface area (Å²) in [5.41, 5.74) is 0. The molecule has 0 aliphatic carbocycles. The second-order valence-corrected chi connectivity index (χ2v) is 2.50. The van der Waals surface area contributed by atoms with E-state index in [1.54, 1.807) is 0 Å². The lowest BCUT2D eigenvalue weighted by molar-refractivity contribution is 0.0394. The first-order valence-electron chi connectivity index (χ1n) is 3.15. The fraction of sp³-hybridized carbons (Fsp3) is 1.00. The van der Waals surface area contributed by atoms with Gasteiger partial charge in [0.15, 0.2) is 0 Å². The van der Waals surface area contributed by atoms with E-state index < -0.39 is 0 Å². The summed E-state index contributed by atoms with van der Waals surface area (Å²) in [5.74, 6) is 0. The summed E-state index contributed by atoms with van der Waals surface area (Å²) in [6.45, 7) is 2.96. The highest BCUT2D eigenvalue weighted by atomic mass is 16.6. The summed E-state index contributed by atoms with van der Waals surface area (Å²) >= 11 is 0. The van der Waals surface area contributed by atoms with Crippen molar-refractivity contribution in [2.24, 2.45) is 0 Å². The molecule has 2 fully saturated rings. The quantitative estimate of drug-likeness (QED) is 0.429. The van der Waals surface area contributed by atoms with E-state index in [2.05, 4.69) is 6.92 Å². The Kier molecular flexibility index (Phi) is 0.866. The van der Waals surface area contributed by atoms with Gasteiger partial charge < -0.3 is 9.47 Å². The van der Waals surface area contributed by atoms with Crippen molar-refractivity contribution in [1.82, 2.24) is 0 Å². The van der Waals surface area contributed by atoms with Crippen LogP contribution in [0.3, 0.4) is 0 Å². The van der Waals surface area contributed by atoms with Gasteiger partial charge in [-0.15, -0.1) is 0 Å². The number of rotatable bonds is 0. The van der Waals surface area contributed by atoms with Crippen LogP contribution in [0.15, 0.2) is 0 Å². The van der Waals surface area contributed by atoms with Crippen LogP contribution in [-0.4, -0.2) is 24.9 Å². The molecule has 0 spiro atoms. The van der Waals surface area contributed by atoms with Gasteiger partial charge in [-0.05, 0) is 13.3 Å². The number of hydrogen-bond donors (Lipinski definition) is 0. The van der Waals surface area contributed by atoms with Crippen LogP contribution in [0, 0.1) is 0 Å². The van der Waals surface area contributed by atoms with Gasteiger partial charge in [0, 0.05) is 6.61 Å². The Morgan fingerprint density at radius 3 is 3.00 bits per heavy atom. The minimum absolute atomic E-state index is 0.355. The Bertz CT molecular complexity index is 103. The second-order valence-electron chi connectivity index (χ2n) is 2.50. The van der Waals surface area contributed by atoms with Gasteiger partial charge in [0.05, 0.1) is 12.2 Å². The zero-order valence-corrected chi connectivity index (χ0v) is 4.96. The van der Waals surface area contributed by atoms with Crippen molar-refractivity contribution in [3.8, 4) is 0 Å². The highest BCUT2D eigenvalue weighted by molar-refractivity contribution is 4.92. The van der Waals surface area contributed by atoms with Crippen LogP contribution < -0.4 is 0 Å². The van der Waals surface area contributed by atoms with E-state index in [9.17, 15) is 0 Å². The fourth-order valence-electron chi connectivity index (χ4n) is 1.27. The lowest BCUT2D eigenvalue weighted by Gasteiger charge is -2.13. The van der Waals surface area contributed by atoms with Gasteiger partial charge in [-0.2, -0.15) is 0 Å². The summed E-state index contributed by atoms with van der Waals surface area (Å²) in [7, 11) is 0. The molecule has 3 atom stereocenters. The van der Waals surface area contributed by atoms with Gasteiger partial charge >= 0.3 is 0 Å². The summed E-state index contributed by atoms with van der Waals surface area (Å²) in [5, 5.41) is 0. The maximum Gasteiger partial charge on any atom is 0.110 e. The smallest absolute Gasteiger partial charge is 0.110 e. The van der Waals surface area contributed by atoms with E-state index in [-0.39, 0.29) is 0 Å². The van der Waals surface area contributed by atoms with E-state index in [1.807, 2.05) is 0 Å². The lowest BCUT2D eigenvalue weighted by Crippen LogP contribution is -2.23. The van der Waals surface area contributed by atoms with Crippen LogP contribution in [0.25, 0.3) is 0 Å². The first-order valence-corrected chi connectivity index (χ1v) is 3.15. The number of ether oxygens (including phenoxy) is 2. The molecule has 0 aromatic carbocycles. The molecule has 2 heterocycles. The molecule has 2 rings (SSSR count). The molecule has 0 saturated carbocycles. The molecule has 0 N–H and O–H groups in total. The molecule has 2 saturated heterocycles. The molecule has 0 bridgehead atoms. The molecule has 0 aromatic heterocycles. The third-order valence-electron chi connectivity index (χ3n) is 1.87. The van der Waals surface area contributed by atoms with Crippen LogP contribution in [0.4, 0.5) is 0 Å². The average molecular weight is 114 g/mol. The van der Waals surface area contributed by atoms with E-state index in [0.717, 1.165) is 13.0 Å². The SMILES string of the molecule is CC1OCCC2OC12. The largest absolute Gasteiger partial charge is 0.376 e. The lowest BCUT2D eigenvalue weighted by atomic mass is 10.1. The van der Waals surface area contributed by atoms with Crippen LogP contribution in [0.5, 0.6) is 0 Å². The first kappa shape index (κ1) is 4.77. The minimum Gasteiger partial charge on any atom is -0.376 e.